The van der Waals surface area contributed by atoms with Gasteiger partial charge in [-0.1, -0.05) is 26.2 Å². The van der Waals surface area contributed by atoms with E-state index in [9.17, 15) is 4.79 Å². The third-order valence-electron chi connectivity index (χ3n) is 5.09. The molecule has 0 radical (unpaired) electrons. The molecule has 0 amide bonds. The highest BCUT2D eigenvalue weighted by Gasteiger charge is 1.97. The molecule has 0 unspecified atom stereocenters. The van der Waals surface area contributed by atoms with Crippen LogP contribution in [0.2, 0.25) is 0 Å². The summed E-state index contributed by atoms with van der Waals surface area (Å²) in [7, 11) is 0. The Morgan fingerprint density at radius 2 is 0.610 bits per heavy atom. The Morgan fingerprint density at radius 3 is 0.854 bits per heavy atom. The molecule has 0 heterocycles. The number of hydrogen-bond donors (Lipinski definition) is 1. The maximum atomic E-state index is 10.3. The number of ether oxygens (including phenoxy) is 11. The van der Waals surface area contributed by atoms with Gasteiger partial charge in [0.05, 0.1) is 132 Å². The average molecular weight is 601 g/mol. The Labute approximate surface area is 246 Å². The van der Waals surface area contributed by atoms with E-state index in [4.69, 9.17) is 57.2 Å². The van der Waals surface area contributed by atoms with E-state index in [2.05, 4.69) is 6.92 Å². The van der Waals surface area contributed by atoms with Crippen LogP contribution in [-0.4, -0.2) is 156 Å². The van der Waals surface area contributed by atoms with Gasteiger partial charge in [0.15, 0.2) is 0 Å². The van der Waals surface area contributed by atoms with Crippen molar-refractivity contribution in [3.05, 3.63) is 0 Å². The van der Waals surface area contributed by atoms with E-state index in [0.717, 1.165) is 13.0 Å². The monoisotopic (exact) mass is 600 g/mol. The molecule has 0 atom stereocenters. The quantitative estimate of drug-likeness (QED) is 0.104. The van der Waals surface area contributed by atoms with Crippen LogP contribution in [0, 0.1) is 0 Å². The fourth-order valence-corrected chi connectivity index (χ4v) is 2.99. The van der Waals surface area contributed by atoms with Gasteiger partial charge in [-0.25, -0.2) is 4.79 Å². The molecule has 0 saturated heterocycles. The number of rotatable bonds is 37. The Kier molecular flexibility index (Phi) is 36.2. The van der Waals surface area contributed by atoms with Crippen LogP contribution >= 0.6 is 0 Å². The van der Waals surface area contributed by atoms with Gasteiger partial charge < -0.3 is 57.2 Å². The van der Waals surface area contributed by atoms with Gasteiger partial charge in [-0.2, -0.15) is 0 Å². The number of aliphatic carboxylic acids is 1. The normalized spacial score (nSPS) is 11.4. The molecule has 1 N–H and O–H groups in total. The lowest BCUT2D eigenvalue weighted by Gasteiger charge is -2.09. The highest BCUT2D eigenvalue weighted by molar-refractivity contribution is 5.67. The van der Waals surface area contributed by atoms with Crippen LogP contribution in [-0.2, 0) is 56.9 Å². The Morgan fingerprint density at radius 1 is 0.366 bits per heavy atom. The van der Waals surface area contributed by atoms with E-state index in [0.29, 0.717) is 126 Å². The number of carboxylic acids is 1. The summed E-state index contributed by atoms with van der Waals surface area (Å²) in [6.45, 7) is 12.5. The van der Waals surface area contributed by atoms with E-state index < -0.39 is 5.97 Å². The first-order chi connectivity index (χ1) is 20.3. The molecule has 41 heavy (non-hydrogen) atoms. The minimum Gasteiger partial charge on any atom is -0.480 e. The summed E-state index contributed by atoms with van der Waals surface area (Å²) in [6.07, 6.45) is 4.88. The van der Waals surface area contributed by atoms with E-state index >= 15 is 0 Å². The van der Waals surface area contributed by atoms with Gasteiger partial charge in [-0.15, -0.1) is 0 Å². The van der Waals surface area contributed by atoms with Gasteiger partial charge in [0, 0.05) is 6.61 Å². The van der Waals surface area contributed by atoms with Crippen molar-refractivity contribution < 1.29 is 62.0 Å². The average Bonchev–Trinajstić information content (AvgIpc) is 2.97. The van der Waals surface area contributed by atoms with E-state index in [-0.39, 0.29) is 13.2 Å². The molecule has 0 aromatic rings. The first-order valence-electron chi connectivity index (χ1n) is 14.8. The first-order valence-corrected chi connectivity index (χ1v) is 14.8. The van der Waals surface area contributed by atoms with Crippen LogP contribution in [0.25, 0.3) is 0 Å². The van der Waals surface area contributed by atoms with Crippen molar-refractivity contribution in [3.8, 4) is 0 Å². The second-order valence-corrected chi connectivity index (χ2v) is 8.63. The van der Waals surface area contributed by atoms with Crippen LogP contribution in [0.15, 0.2) is 0 Å². The maximum Gasteiger partial charge on any atom is 0.329 e. The summed E-state index contributed by atoms with van der Waals surface area (Å²) in [5.41, 5.74) is 0. The zero-order valence-corrected chi connectivity index (χ0v) is 25.2. The third-order valence-corrected chi connectivity index (χ3v) is 5.09. The number of carboxylic acid groups (broad SMARTS) is 1. The van der Waals surface area contributed by atoms with Crippen molar-refractivity contribution in [3.63, 3.8) is 0 Å². The topological polar surface area (TPSA) is 139 Å². The van der Waals surface area contributed by atoms with Crippen LogP contribution in [0.5, 0.6) is 0 Å². The third kappa shape index (κ3) is 39.0. The Hall–Kier alpha value is -0.970. The molecule has 0 rings (SSSR count). The summed E-state index contributed by atoms with van der Waals surface area (Å²) in [4.78, 5) is 10.3. The van der Waals surface area contributed by atoms with E-state index in [1.54, 1.807) is 0 Å². The molecule has 13 heteroatoms. The Bertz CT molecular complexity index is 500. The van der Waals surface area contributed by atoms with Crippen molar-refractivity contribution >= 4 is 5.97 Å². The molecule has 0 aliphatic rings. The van der Waals surface area contributed by atoms with Crippen molar-refractivity contribution in [1.82, 2.24) is 0 Å². The lowest BCUT2D eigenvalue weighted by molar-refractivity contribution is -0.142. The molecule has 0 aromatic carbocycles. The van der Waals surface area contributed by atoms with E-state index in [1.807, 2.05) is 0 Å². The fourth-order valence-electron chi connectivity index (χ4n) is 2.99. The van der Waals surface area contributed by atoms with Crippen LogP contribution in [0.1, 0.15) is 32.6 Å². The lowest BCUT2D eigenvalue weighted by atomic mass is 10.2. The number of hydrogen-bond acceptors (Lipinski definition) is 12. The first kappa shape index (κ1) is 40.0. The molecule has 0 bridgehead atoms. The minimum absolute atomic E-state index is 0.245. The molecule has 246 valence electrons. The van der Waals surface area contributed by atoms with Gasteiger partial charge in [0.1, 0.15) is 6.61 Å². The second-order valence-electron chi connectivity index (χ2n) is 8.63. The fraction of sp³-hybridized carbons (Fsp3) is 0.964. The Balaban J connectivity index is 3.03. The smallest absolute Gasteiger partial charge is 0.329 e. The highest BCUT2D eigenvalue weighted by Crippen LogP contribution is 1.98. The van der Waals surface area contributed by atoms with Crippen molar-refractivity contribution in [1.29, 1.82) is 0 Å². The SMILES string of the molecule is CCCCCCOCCOCCOCCOCCOCCOCCOCCOCCOCCOCCOCC(=O)O. The molecular weight excluding hydrogens is 544 g/mol. The predicted octanol–water partition coefficient (Wildman–Crippen LogP) is 1.83. The highest BCUT2D eigenvalue weighted by atomic mass is 16.6. The van der Waals surface area contributed by atoms with Crippen molar-refractivity contribution in [2.75, 3.05) is 145 Å². The summed E-state index contributed by atoms with van der Waals surface area (Å²) in [6, 6.07) is 0. The predicted molar refractivity (Wildman–Crippen MR) is 151 cm³/mol. The van der Waals surface area contributed by atoms with Gasteiger partial charge in [0.2, 0.25) is 0 Å². The number of carbonyl (C=O) groups is 1. The molecule has 0 spiro atoms. The van der Waals surface area contributed by atoms with Gasteiger partial charge >= 0.3 is 5.97 Å². The van der Waals surface area contributed by atoms with Gasteiger partial charge in [-0.05, 0) is 6.42 Å². The summed E-state index contributed by atoms with van der Waals surface area (Å²) < 4.78 is 59.1. The largest absolute Gasteiger partial charge is 0.480 e. The summed E-state index contributed by atoms with van der Waals surface area (Å²) >= 11 is 0. The second kappa shape index (κ2) is 37.1. The van der Waals surface area contributed by atoms with Crippen molar-refractivity contribution in [2.45, 2.75) is 32.6 Å². The maximum absolute atomic E-state index is 10.3. The zero-order valence-electron chi connectivity index (χ0n) is 25.2. The summed E-state index contributed by atoms with van der Waals surface area (Å²) in [5, 5.41) is 8.41. The van der Waals surface area contributed by atoms with Gasteiger partial charge in [0.25, 0.3) is 0 Å². The molecule has 0 aliphatic carbocycles. The molecule has 0 aliphatic heterocycles. The standard InChI is InChI=1S/C28H56O13/c1-2-3-4-5-6-31-7-8-32-9-10-33-11-12-34-13-14-35-15-16-36-17-18-37-19-20-38-21-22-39-23-24-40-25-26-41-27-28(29)30/h2-27H2,1H3,(H,29,30). The molecule has 0 saturated carbocycles. The minimum atomic E-state index is -0.993. The van der Waals surface area contributed by atoms with E-state index in [1.165, 1.54) is 19.3 Å². The molecular formula is C28H56O13. The molecule has 0 aromatic heterocycles. The van der Waals surface area contributed by atoms with Gasteiger partial charge in [-0.3, -0.25) is 0 Å². The zero-order chi connectivity index (χ0) is 29.7. The van der Waals surface area contributed by atoms with Crippen molar-refractivity contribution in [2.24, 2.45) is 0 Å². The number of unbranched alkanes of at least 4 members (excludes halogenated alkanes) is 3. The van der Waals surface area contributed by atoms with Crippen LogP contribution < -0.4 is 0 Å². The molecule has 13 nitrogen and oxygen atoms in total. The molecule has 0 fully saturated rings. The van der Waals surface area contributed by atoms with Crippen LogP contribution in [0.3, 0.4) is 0 Å². The van der Waals surface area contributed by atoms with Crippen LogP contribution in [0.4, 0.5) is 0 Å². The lowest BCUT2D eigenvalue weighted by Crippen LogP contribution is -2.15. The summed E-state index contributed by atoms with van der Waals surface area (Å²) in [5.74, 6) is -0.993.